The molecule has 1 aliphatic rings. The summed E-state index contributed by atoms with van der Waals surface area (Å²) in [5.41, 5.74) is 0. The van der Waals surface area contributed by atoms with Crippen LogP contribution in [0.25, 0.3) is 0 Å². The molecular weight excluding hydrogens is 122 g/mol. The highest BCUT2D eigenvalue weighted by Crippen LogP contribution is 1.88. The van der Waals surface area contributed by atoms with Crippen molar-refractivity contribution < 1.29 is 9.59 Å². The Balaban J connectivity index is 2.72. The molecule has 0 aromatic carbocycles. The van der Waals surface area contributed by atoms with Crippen LogP contribution in [0.2, 0.25) is 0 Å². The summed E-state index contributed by atoms with van der Waals surface area (Å²) in [6.07, 6.45) is 0. The molecule has 5 heteroatoms. The summed E-state index contributed by atoms with van der Waals surface area (Å²) in [4.78, 5) is 20.6. The Bertz CT molecular complexity index is 204. The van der Waals surface area contributed by atoms with E-state index in [2.05, 4.69) is 5.32 Å². The maximum absolute atomic E-state index is 10.4. The van der Waals surface area contributed by atoms with Crippen LogP contribution >= 0.6 is 0 Å². The van der Waals surface area contributed by atoms with Gasteiger partial charge in [-0.15, -0.1) is 0 Å². The Labute approximate surface area is 50.6 Å². The highest BCUT2D eigenvalue weighted by atomic mass is 16.2. The minimum atomic E-state index is -1.00. The van der Waals surface area contributed by atoms with Crippen molar-refractivity contribution in [1.29, 1.82) is 5.26 Å². The first-order chi connectivity index (χ1) is 4.24. The normalized spacial score (nSPS) is 24.6. The third-order valence-electron chi connectivity index (χ3n) is 0.903. The van der Waals surface area contributed by atoms with Crippen LogP contribution in [0.4, 0.5) is 4.79 Å². The quantitative estimate of drug-likeness (QED) is 0.395. The third kappa shape index (κ3) is 0.817. The molecule has 1 atom stereocenters. The van der Waals surface area contributed by atoms with Crippen molar-refractivity contribution >= 4 is 11.9 Å². The van der Waals surface area contributed by atoms with E-state index in [1.807, 2.05) is 5.32 Å². The van der Waals surface area contributed by atoms with E-state index < -0.39 is 18.0 Å². The van der Waals surface area contributed by atoms with E-state index in [4.69, 9.17) is 5.26 Å². The average molecular weight is 125 g/mol. The topological polar surface area (TPSA) is 82.0 Å². The predicted octanol–water partition coefficient (Wildman–Crippen LogP) is -1.28. The molecule has 1 rings (SSSR count). The molecular formula is C4H3N3O2. The molecule has 1 saturated heterocycles. The monoisotopic (exact) mass is 125 g/mol. The number of carbonyl (C=O) groups is 2. The lowest BCUT2D eigenvalue weighted by molar-refractivity contribution is -0.119. The standard InChI is InChI=1S/C4H3N3O2/c5-1-2-3(8)7-4(9)6-2/h2H,(H2,6,7,8,9). The highest BCUT2D eigenvalue weighted by molar-refractivity contribution is 6.05. The van der Waals surface area contributed by atoms with Crippen molar-refractivity contribution in [1.82, 2.24) is 10.6 Å². The largest absolute Gasteiger partial charge is 0.322 e. The van der Waals surface area contributed by atoms with Gasteiger partial charge in [0.1, 0.15) is 0 Å². The van der Waals surface area contributed by atoms with Crippen molar-refractivity contribution in [3.8, 4) is 6.07 Å². The van der Waals surface area contributed by atoms with Gasteiger partial charge in [0.25, 0.3) is 5.91 Å². The summed E-state index contributed by atoms with van der Waals surface area (Å²) >= 11 is 0. The van der Waals surface area contributed by atoms with Gasteiger partial charge in [-0.05, 0) is 0 Å². The average Bonchev–Trinajstić information content (AvgIpc) is 2.10. The molecule has 0 aliphatic carbocycles. The summed E-state index contributed by atoms with van der Waals surface area (Å²) in [6, 6.07) is -0.00727. The van der Waals surface area contributed by atoms with Crippen LogP contribution in [0, 0.1) is 11.3 Å². The number of rotatable bonds is 0. The van der Waals surface area contributed by atoms with Crippen LogP contribution < -0.4 is 10.6 Å². The van der Waals surface area contributed by atoms with Crippen molar-refractivity contribution in [2.45, 2.75) is 6.04 Å². The number of nitrogens with one attached hydrogen (secondary N) is 2. The molecule has 0 aromatic rings. The fourth-order valence-electron chi connectivity index (χ4n) is 0.508. The first-order valence-electron chi connectivity index (χ1n) is 2.25. The van der Waals surface area contributed by atoms with Gasteiger partial charge >= 0.3 is 6.03 Å². The van der Waals surface area contributed by atoms with Gasteiger partial charge < -0.3 is 5.32 Å². The smallest absolute Gasteiger partial charge is 0.314 e. The molecule has 9 heavy (non-hydrogen) atoms. The Morgan fingerprint density at radius 2 is 2.22 bits per heavy atom. The van der Waals surface area contributed by atoms with Crippen LogP contribution in [-0.4, -0.2) is 18.0 Å². The Hall–Kier alpha value is -1.57. The van der Waals surface area contributed by atoms with Gasteiger partial charge in [-0.1, -0.05) is 0 Å². The van der Waals surface area contributed by atoms with Gasteiger partial charge in [-0.3, -0.25) is 10.1 Å². The van der Waals surface area contributed by atoms with Crippen LogP contribution in [-0.2, 0) is 4.79 Å². The molecule has 3 amide bonds. The van der Waals surface area contributed by atoms with E-state index in [0.29, 0.717) is 0 Å². The van der Waals surface area contributed by atoms with Crippen molar-refractivity contribution in [3.63, 3.8) is 0 Å². The molecule has 0 bridgehead atoms. The molecule has 0 radical (unpaired) electrons. The second kappa shape index (κ2) is 1.74. The van der Waals surface area contributed by atoms with Crippen LogP contribution in [0.15, 0.2) is 0 Å². The molecule has 1 heterocycles. The molecule has 1 unspecified atom stereocenters. The number of hydrogen-bond donors (Lipinski definition) is 2. The van der Waals surface area contributed by atoms with Crippen molar-refractivity contribution in [2.75, 3.05) is 0 Å². The van der Waals surface area contributed by atoms with Gasteiger partial charge in [0.2, 0.25) is 0 Å². The van der Waals surface area contributed by atoms with Gasteiger partial charge in [-0.25, -0.2) is 4.79 Å². The van der Waals surface area contributed by atoms with Crippen LogP contribution in [0.1, 0.15) is 0 Å². The highest BCUT2D eigenvalue weighted by Gasteiger charge is 2.28. The molecule has 0 saturated carbocycles. The van der Waals surface area contributed by atoms with E-state index in [-0.39, 0.29) is 0 Å². The first-order valence-corrected chi connectivity index (χ1v) is 2.25. The maximum atomic E-state index is 10.4. The van der Waals surface area contributed by atoms with Crippen LogP contribution in [0.5, 0.6) is 0 Å². The zero-order valence-electron chi connectivity index (χ0n) is 4.34. The number of nitriles is 1. The zero-order valence-corrected chi connectivity index (χ0v) is 4.34. The van der Waals surface area contributed by atoms with Crippen molar-refractivity contribution in [3.05, 3.63) is 0 Å². The lowest BCUT2D eigenvalue weighted by atomic mass is 10.3. The Morgan fingerprint density at radius 3 is 2.44 bits per heavy atom. The zero-order chi connectivity index (χ0) is 6.85. The molecule has 1 aliphatic heterocycles. The summed E-state index contributed by atoms with van der Waals surface area (Å²) < 4.78 is 0. The SMILES string of the molecule is N#CC1NC(=O)NC1=O. The van der Waals surface area contributed by atoms with Gasteiger partial charge in [0, 0.05) is 0 Å². The number of carbonyl (C=O) groups excluding carboxylic acids is 2. The molecule has 2 N–H and O–H groups in total. The minimum absolute atomic E-state index is 0.581. The summed E-state index contributed by atoms with van der Waals surface area (Å²) in [5.74, 6) is -0.581. The first kappa shape index (κ1) is 5.56. The van der Waals surface area contributed by atoms with Gasteiger partial charge in [-0.2, -0.15) is 5.26 Å². The predicted molar refractivity (Wildman–Crippen MR) is 26.1 cm³/mol. The Kier molecular flexibility index (Phi) is 1.08. The van der Waals surface area contributed by atoms with Gasteiger partial charge in [0.05, 0.1) is 6.07 Å². The van der Waals surface area contributed by atoms with E-state index in [0.717, 1.165) is 0 Å². The minimum Gasteiger partial charge on any atom is -0.314 e. The number of amides is 3. The number of imide groups is 1. The lowest BCUT2D eigenvalue weighted by Gasteiger charge is -1.88. The number of nitrogens with zero attached hydrogens (tertiary/aromatic N) is 1. The summed E-state index contributed by atoms with van der Waals surface area (Å²) in [6.45, 7) is 0. The van der Waals surface area contributed by atoms with E-state index in [1.54, 1.807) is 6.07 Å². The van der Waals surface area contributed by atoms with Gasteiger partial charge in [0.15, 0.2) is 6.04 Å². The summed E-state index contributed by atoms with van der Waals surface area (Å²) in [5, 5.41) is 12.1. The summed E-state index contributed by atoms with van der Waals surface area (Å²) in [7, 11) is 0. The molecule has 46 valence electrons. The molecule has 0 aromatic heterocycles. The number of urea groups is 1. The second-order valence-electron chi connectivity index (χ2n) is 1.52. The second-order valence-corrected chi connectivity index (χ2v) is 1.52. The lowest BCUT2D eigenvalue weighted by Crippen LogP contribution is -2.26. The molecule has 5 nitrogen and oxygen atoms in total. The third-order valence-corrected chi connectivity index (χ3v) is 0.903. The Morgan fingerprint density at radius 1 is 1.56 bits per heavy atom. The fourth-order valence-corrected chi connectivity index (χ4v) is 0.508. The van der Waals surface area contributed by atoms with Crippen molar-refractivity contribution in [2.24, 2.45) is 0 Å². The van der Waals surface area contributed by atoms with E-state index >= 15 is 0 Å². The molecule has 0 spiro atoms. The van der Waals surface area contributed by atoms with E-state index in [9.17, 15) is 9.59 Å². The number of hydrogen-bond acceptors (Lipinski definition) is 3. The van der Waals surface area contributed by atoms with Crippen LogP contribution in [0.3, 0.4) is 0 Å². The fraction of sp³-hybridized carbons (Fsp3) is 0.250. The maximum Gasteiger partial charge on any atom is 0.322 e. The van der Waals surface area contributed by atoms with E-state index in [1.165, 1.54) is 0 Å². The molecule has 1 fully saturated rings.